The van der Waals surface area contributed by atoms with Crippen LogP contribution in [0.1, 0.15) is 71.6 Å². The standard InChI is InChI=1S/C15H32O2/c1-3-5-7-9-12-16-14-11-15-17-13-10-8-6-4-2/h3-15H2,1-2H3. The van der Waals surface area contributed by atoms with Crippen LogP contribution in [0, 0.1) is 0 Å². The van der Waals surface area contributed by atoms with Gasteiger partial charge in [0.2, 0.25) is 0 Å². The Kier molecular flexibility index (Phi) is 15.8. The molecule has 0 N–H and O–H groups in total. The van der Waals surface area contributed by atoms with Gasteiger partial charge in [0.1, 0.15) is 0 Å². The van der Waals surface area contributed by atoms with Crippen LogP contribution in [0.15, 0.2) is 0 Å². The van der Waals surface area contributed by atoms with E-state index in [1.165, 1.54) is 51.4 Å². The van der Waals surface area contributed by atoms with Crippen molar-refractivity contribution in [1.29, 1.82) is 0 Å². The van der Waals surface area contributed by atoms with Crippen molar-refractivity contribution in [2.75, 3.05) is 26.4 Å². The van der Waals surface area contributed by atoms with Crippen molar-refractivity contribution in [2.24, 2.45) is 0 Å². The fraction of sp³-hybridized carbons (Fsp3) is 1.00. The molecule has 0 saturated heterocycles. The van der Waals surface area contributed by atoms with Gasteiger partial charge in [-0.15, -0.1) is 0 Å². The maximum absolute atomic E-state index is 5.55. The summed E-state index contributed by atoms with van der Waals surface area (Å²) in [6.45, 7) is 8.05. The van der Waals surface area contributed by atoms with Crippen LogP contribution in [0.5, 0.6) is 0 Å². The number of hydrogen-bond donors (Lipinski definition) is 0. The van der Waals surface area contributed by atoms with Gasteiger partial charge in [-0.3, -0.25) is 0 Å². The molecule has 17 heavy (non-hydrogen) atoms. The molecule has 0 bridgehead atoms. The molecule has 0 aliphatic heterocycles. The molecule has 0 spiro atoms. The first-order chi connectivity index (χ1) is 8.41. The van der Waals surface area contributed by atoms with Crippen LogP contribution in [0.2, 0.25) is 0 Å². The van der Waals surface area contributed by atoms with Crippen LogP contribution in [0.25, 0.3) is 0 Å². The summed E-state index contributed by atoms with van der Waals surface area (Å²) < 4.78 is 11.1. The van der Waals surface area contributed by atoms with E-state index in [0.717, 1.165) is 32.8 Å². The molecule has 0 heterocycles. The van der Waals surface area contributed by atoms with E-state index in [9.17, 15) is 0 Å². The molecular formula is C15H32O2. The molecule has 0 aromatic carbocycles. The highest BCUT2D eigenvalue weighted by Crippen LogP contribution is 2.00. The van der Waals surface area contributed by atoms with Crippen molar-refractivity contribution >= 4 is 0 Å². The normalized spacial score (nSPS) is 10.9. The third kappa shape index (κ3) is 15.9. The van der Waals surface area contributed by atoms with E-state index >= 15 is 0 Å². The smallest absolute Gasteiger partial charge is 0.0487 e. The Labute approximate surface area is 108 Å². The summed E-state index contributed by atoms with van der Waals surface area (Å²) in [5.41, 5.74) is 0. The largest absolute Gasteiger partial charge is 0.381 e. The van der Waals surface area contributed by atoms with Crippen molar-refractivity contribution < 1.29 is 9.47 Å². The first-order valence-corrected chi connectivity index (χ1v) is 7.57. The van der Waals surface area contributed by atoms with Crippen LogP contribution in [0.3, 0.4) is 0 Å². The Bertz CT molecular complexity index is 112. The lowest BCUT2D eigenvalue weighted by molar-refractivity contribution is 0.0795. The molecular weight excluding hydrogens is 212 g/mol. The van der Waals surface area contributed by atoms with Crippen LogP contribution in [0.4, 0.5) is 0 Å². The van der Waals surface area contributed by atoms with Crippen molar-refractivity contribution in [3.05, 3.63) is 0 Å². The van der Waals surface area contributed by atoms with Crippen molar-refractivity contribution in [3.63, 3.8) is 0 Å². The molecule has 0 saturated carbocycles. The third-order valence-electron chi connectivity index (χ3n) is 2.86. The van der Waals surface area contributed by atoms with Gasteiger partial charge < -0.3 is 9.47 Å². The fourth-order valence-electron chi connectivity index (χ4n) is 1.73. The lowest BCUT2D eigenvalue weighted by Gasteiger charge is -2.05. The average Bonchev–Trinajstić information content (AvgIpc) is 2.35. The Balaban J connectivity index is 2.85. The molecule has 0 amide bonds. The Hall–Kier alpha value is -0.0800. The van der Waals surface area contributed by atoms with Crippen LogP contribution in [-0.2, 0) is 9.47 Å². The lowest BCUT2D eigenvalue weighted by atomic mass is 10.2. The third-order valence-corrected chi connectivity index (χ3v) is 2.86. The average molecular weight is 244 g/mol. The van der Waals surface area contributed by atoms with Crippen molar-refractivity contribution in [2.45, 2.75) is 71.6 Å². The summed E-state index contributed by atoms with van der Waals surface area (Å²) in [6.07, 6.45) is 11.4. The van der Waals surface area contributed by atoms with E-state index in [4.69, 9.17) is 9.47 Å². The number of unbranched alkanes of at least 4 members (excludes halogenated alkanes) is 6. The van der Waals surface area contributed by atoms with E-state index in [1.807, 2.05) is 0 Å². The number of hydrogen-bond acceptors (Lipinski definition) is 2. The molecule has 2 heteroatoms. The zero-order chi connectivity index (χ0) is 12.6. The van der Waals surface area contributed by atoms with Gasteiger partial charge in [0.15, 0.2) is 0 Å². The fourth-order valence-corrected chi connectivity index (χ4v) is 1.73. The highest BCUT2D eigenvalue weighted by molar-refractivity contribution is 4.42. The molecule has 0 aromatic rings. The van der Waals surface area contributed by atoms with Crippen molar-refractivity contribution in [3.8, 4) is 0 Å². The molecule has 0 rings (SSSR count). The molecule has 0 radical (unpaired) electrons. The minimum absolute atomic E-state index is 0.862. The van der Waals surface area contributed by atoms with E-state index in [-0.39, 0.29) is 0 Å². The SMILES string of the molecule is CCCCCCOCCCOCCCCCC. The second-order valence-corrected chi connectivity index (χ2v) is 4.70. The molecule has 0 aromatic heterocycles. The summed E-state index contributed by atoms with van der Waals surface area (Å²) in [7, 11) is 0. The molecule has 0 fully saturated rings. The maximum Gasteiger partial charge on any atom is 0.0487 e. The van der Waals surface area contributed by atoms with Gasteiger partial charge in [0.05, 0.1) is 0 Å². The Morgan fingerprint density at radius 3 is 1.29 bits per heavy atom. The minimum atomic E-state index is 0.862. The summed E-state index contributed by atoms with van der Waals surface area (Å²) in [5, 5.41) is 0. The van der Waals surface area contributed by atoms with Gasteiger partial charge in [0, 0.05) is 26.4 Å². The van der Waals surface area contributed by atoms with Crippen LogP contribution < -0.4 is 0 Å². The van der Waals surface area contributed by atoms with E-state index in [1.54, 1.807) is 0 Å². The summed E-state index contributed by atoms with van der Waals surface area (Å²) in [5.74, 6) is 0. The summed E-state index contributed by atoms with van der Waals surface area (Å²) in [6, 6.07) is 0. The number of rotatable bonds is 14. The molecule has 0 aliphatic rings. The number of ether oxygens (including phenoxy) is 2. The zero-order valence-electron chi connectivity index (χ0n) is 12.0. The first kappa shape index (κ1) is 16.9. The Morgan fingerprint density at radius 2 is 0.882 bits per heavy atom. The monoisotopic (exact) mass is 244 g/mol. The molecule has 2 nitrogen and oxygen atoms in total. The highest BCUT2D eigenvalue weighted by atomic mass is 16.5. The zero-order valence-corrected chi connectivity index (χ0v) is 12.0. The summed E-state index contributed by atoms with van der Waals surface area (Å²) in [4.78, 5) is 0. The van der Waals surface area contributed by atoms with E-state index in [2.05, 4.69) is 13.8 Å². The quantitative estimate of drug-likeness (QED) is 0.417. The molecule has 104 valence electrons. The van der Waals surface area contributed by atoms with Gasteiger partial charge in [0.25, 0.3) is 0 Å². The van der Waals surface area contributed by atoms with Crippen LogP contribution >= 0.6 is 0 Å². The van der Waals surface area contributed by atoms with Gasteiger partial charge in [-0.25, -0.2) is 0 Å². The van der Waals surface area contributed by atoms with Gasteiger partial charge >= 0.3 is 0 Å². The second-order valence-electron chi connectivity index (χ2n) is 4.70. The predicted octanol–water partition coefficient (Wildman–Crippen LogP) is 4.57. The lowest BCUT2D eigenvalue weighted by Crippen LogP contribution is -2.03. The van der Waals surface area contributed by atoms with Gasteiger partial charge in [-0.2, -0.15) is 0 Å². The topological polar surface area (TPSA) is 18.5 Å². The summed E-state index contributed by atoms with van der Waals surface area (Å²) >= 11 is 0. The van der Waals surface area contributed by atoms with Gasteiger partial charge in [-0.1, -0.05) is 52.4 Å². The Morgan fingerprint density at radius 1 is 0.471 bits per heavy atom. The second kappa shape index (κ2) is 15.9. The van der Waals surface area contributed by atoms with E-state index in [0.29, 0.717) is 0 Å². The van der Waals surface area contributed by atoms with Crippen LogP contribution in [-0.4, -0.2) is 26.4 Å². The predicted molar refractivity (Wildman–Crippen MR) is 74.5 cm³/mol. The molecule has 0 unspecified atom stereocenters. The highest BCUT2D eigenvalue weighted by Gasteiger charge is 1.92. The van der Waals surface area contributed by atoms with Gasteiger partial charge in [-0.05, 0) is 19.3 Å². The molecule has 0 atom stereocenters. The minimum Gasteiger partial charge on any atom is -0.381 e. The van der Waals surface area contributed by atoms with Crippen molar-refractivity contribution in [1.82, 2.24) is 0 Å². The maximum atomic E-state index is 5.55. The molecule has 0 aliphatic carbocycles. The first-order valence-electron chi connectivity index (χ1n) is 7.57. The van der Waals surface area contributed by atoms with E-state index < -0.39 is 0 Å².